The second kappa shape index (κ2) is 6.42. The molecule has 23 heavy (non-hydrogen) atoms. The SMILES string of the molecule is CC(=O)Nc1ccc(Cl)c(C(=O)Nc2cnc3n2CCCC3)c1. The first-order valence-electron chi connectivity index (χ1n) is 7.47. The third-order valence-corrected chi connectivity index (χ3v) is 4.07. The molecule has 0 atom stereocenters. The summed E-state index contributed by atoms with van der Waals surface area (Å²) in [5.41, 5.74) is 0.839. The Kier molecular flexibility index (Phi) is 4.34. The van der Waals surface area contributed by atoms with E-state index in [1.54, 1.807) is 24.4 Å². The fourth-order valence-corrected chi connectivity index (χ4v) is 2.88. The Morgan fingerprint density at radius 1 is 1.26 bits per heavy atom. The minimum Gasteiger partial charge on any atom is -0.326 e. The van der Waals surface area contributed by atoms with E-state index in [9.17, 15) is 9.59 Å². The molecule has 0 bridgehead atoms. The first-order chi connectivity index (χ1) is 11.0. The van der Waals surface area contributed by atoms with Crippen molar-refractivity contribution < 1.29 is 9.59 Å². The molecule has 0 aliphatic carbocycles. The third kappa shape index (κ3) is 3.37. The van der Waals surface area contributed by atoms with E-state index in [1.165, 1.54) is 6.92 Å². The maximum atomic E-state index is 12.5. The predicted molar refractivity (Wildman–Crippen MR) is 88.9 cm³/mol. The predicted octanol–water partition coefficient (Wildman–Crippen LogP) is 3.08. The summed E-state index contributed by atoms with van der Waals surface area (Å²) in [5.74, 6) is 1.13. The van der Waals surface area contributed by atoms with E-state index in [0.717, 1.165) is 31.6 Å². The molecule has 120 valence electrons. The highest BCUT2D eigenvalue weighted by atomic mass is 35.5. The van der Waals surface area contributed by atoms with Crippen molar-refractivity contribution in [3.05, 3.63) is 40.8 Å². The first-order valence-corrected chi connectivity index (χ1v) is 7.85. The maximum Gasteiger partial charge on any atom is 0.258 e. The molecule has 6 nitrogen and oxygen atoms in total. The lowest BCUT2D eigenvalue weighted by molar-refractivity contribution is -0.114. The number of fused-ring (bicyclic) bond motifs is 1. The van der Waals surface area contributed by atoms with Crippen LogP contribution in [-0.4, -0.2) is 21.4 Å². The highest BCUT2D eigenvalue weighted by Gasteiger charge is 2.18. The number of carbonyl (C=O) groups is 2. The van der Waals surface area contributed by atoms with Gasteiger partial charge in [0.25, 0.3) is 5.91 Å². The Balaban J connectivity index is 1.83. The average Bonchev–Trinajstić information content (AvgIpc) is 2.92. The van der Waals surface area contributed by atoms with E-state index in [1.807, 2.05) is 4.57 Å². The van der Waals surface area contributed by atoms with Gasteiger partial charge < -0.3 is 15.2 Å². The van der Waals surface area contributed by atoms with Crippen LogP contribution in [0, 0.1) is 0 Å². The molecule has 2 heterocycles. The van der Waals surface area contributed by atoms with E-state index in [0.29, 0.717) is 22.1 Å². The van der Waals surface area contributed by atoms with Gasteiger partial charge in [-0.25, -0.2) is 4.98 Å². The topological polar surface area (TPSA) is 76.0 Å². The second-order valence-corrected chi connectivity index (χ2v) is 5.91. The van der Waals surface area contributed by atoms with Crippen molar-refractivity contribution in [3.8, 4) is 0 Å². The number of halogens is 1. The summed E-state index contributed by atoms with van der Waals surface area (Å²) < 4.78 is 2.02. The largest absolute Gasteiger partial charge is 0.326 e. The van der Waals surface area contributed by atoms with Crippen LogP contribution in [0.25, 0.3) is 0 Å². The van der Waals surface area contributed by atoms with Gasteiger partial charge in [-0.3, -0.25) is 9.59 Å². The minimum absolute atomic E-state index is 0.205. The van der Waals surface area contributed by atoms with Gasteiger partial charge in [0.15, 0.2) is 0 Å². The van der Waals surface area contributed by atoms with Crippen molar-refractivity contribution in [1.82, 2.24) is 9.55 Å². The number of nitrogens with zero attached hydrogens (tertiary/aromatic N) is 2. The number of nitrogens with one attached hydrogen (secondary N) is 2. The molecule has 0 saturated heterocycles. The number of imidazole rings is 1. The van der Waals surface area contributed by atoms with Crippen LogP contribution in [0.4, 0.5) is 11.5 Å². The molecule has 0 spiro atoms. The highest BCUT2D eigenvalue weighted by Crippen LogP contribution is 2.24. The fraction of sp³-hybridized carbons (Fsp3) is 0.312. The number of hydrogen-bond donors (Lipinski definition) is 2. The molecular weight excluding hydrogens is 316 g/mol. The van der Waals surface area contributed by atoms with Crippen LogP contribution in [0.3, 0.4) is 0 Å². The van der Waals surface area contributed by atoms with Gasteiger partial charge in [-0.05, 0) is 31.0 Å². The number of aryl methyl sites for hydroxylation is 1. The van der Waals surface area contributed by atoms with E-state index in [2.05, 4.69) is 15.6 Å². The Morgan fingerprint density at radius 2 is 2.09 bits per heavy atom. The zero-order valence-corrected chi connectivity index (χ0v) is 13.5. The molecule has 0 fully saturated rings. The van der Waals surface area contributed by atoms with Crippen LogP contribution in [-0.2, 0) is 17.8 Å². The molecule has 0 saturated carbocycles. The Hall–Kier alpha value is -2.34. The molecule has 3 rings (SSSR count). The van der Waals surface area contributed by atoms with Crippen molar-refractivity contribution in [1.29, 1.82) is 0 Å². The Morgan fingerprint density at radius 3 is 2.87 bits per heavy atom. The van der Waals surface area contributed by atoms with Crippen molar-refractivity contribution in [3.63, 3.8) is 0 Å². The summed E-state index contributed by atoms with van der Waals surface area (Å²) in [5, 5.41) is 5.82. The van der Waals surface area contributed by atoms with Gasteiger partial charge >= 0.3 is 0 Å². The number of rotatable bonds is 3. The number of hydrogen-bond acceptors (Lipinski definition) is 3. The van der Waals surface area contributed by atoms with E-state index in [4.69, 9.17) is 11.6 Å². The van der Waals surface area contributed by atoms with Crippen molar-refractivity contribution >= 4 is 34.9 Å². The molecule has 2 N–H and O–H groups in total. The number of aromatic nitrogens is 2. The fourth-order valence-electron chi connectivity index (χ4n) is 2.68. The summed E-state index contributed by atoms with van der Waals surface area (Å²) in [6.07, 6.45) is 4.79. The molecule has 0 unspecified atom stereocenters. The van der Waals surface area contributed by atoms with Gasteiger partial charge in [0.1, 0.15) is 11.6 Å². The zero-order chi connectivity index (χ0) is 16.4. The smallest absolute Gasteiger partial charge is 0.258 e. The van der Waals surface area contributed by atoms with Crippen LogP contribution in [0.5, 0.6) is 0 Å². The van der Waals surface area contributed by atoms with Gasteiger partial charge in [0, 0.05) is 25.6 Å². The maximum absolute atomic E-state index is 12.5. The molecule has 1 aliphatic rings. The lowest BCUT2D eigenvalue weighted by atomic mass is 10.1. The Labute approximate surface area is 138 Å². The van der Waals surface area contributed by atoms with Gasteiger partial charge in [-0.2, -0.15) is 0 Å². The van der Waals surface area contributed by atoms with Crippen LogP contribution < -0.4 is 10.6 Å². The summed E-state index contributed by atoms with van der Waals surface area (Å²) in [6.45, 7) is 2.26. The molecular formula is C16H17ClN4O2. The van der Waals surface area contributed by atoms with Crippen molar-refractivity contribution in [2.24, 2.45) is 0 Å². The quantitative estimate of drug-likeness (QED) is 0.906. The molecule has 7 heteroatoms. The summed E-state index contributed by atoms with van der Waals surface area (Å²) in [4.78, 5) is 28.0. The van der Waals surface area contributed by atoms with Crippen LogP contribution in [0.1, 0.15) is 35.9 Å². The van der Waals surface area contributed by atoms with Gasteiger partial charge in [-0.15, -0.1) is 0 Å². The van der Waals surface area contributed by atoms with Crippen LogP contribution >= 0.6 is 11.6 Å². The molecule has 0 radical (unpaired) electrons. The molecule has 1 aromatic heterocycles. The highest BCUT2D eigenvalue weighted by molar-refractivity contribution is 6.34. The number of anilines is 2. The normalized spacial score (nSPS) is 13.3. The van der Waals surface area contributed by atoms with Gasteiger partial charge in [0.2, 0.25) is 5.91 Å². The monoisotopic (exact) mass is 332 g/mol. The zero-order valence-electron chi connectivity index (χ0n) is 12.7. The van der Waals surface area contributed by atoms with Gasteiger partial charge in [-0.1, -0.05) is 11.6 Å². The minimum atomic E-state index is -0.324. The lowest BCUT2D eigenvalue weighted by Gasteiger charge is -2.16. The second-order valence-electron chi connectivity index (χ2n) is 5.50. The van der Waals surface area contributed by atoms with Crippen LogP contribution in [0.2, 0.25) is 5.02 Å². The molecule has 2 aromatic rings. The lowest BCUT2D eigenvalue weighted by Crippen LogP contribution is -2.19. The van der Waals surface area contributed by atoms with Gasteiger partial charge in [0.05, 0.1) is 16.8 Å². The first kappa shape index (κ1) is 15.6. The summed E-state index contributed by atoms with van der Waals surface area (Å²) in [6, 6.07) is 4.81. The average molecular weight is 333 g/mol. The molecule has 1 aliphatic heterocycles. The van der Waals surface area contributed by atoms with Crippen LogP contribution in [0.15, 0.2) is 24.4 Å². The molecule has 2 amide bonds. The van der Waals surface area contributed by atoms with Crippen molar-refractivity contribution in [2.45, 2.75) is 32.7 Å². The summed E-state index contributed by atoms with van der Waals surface area (Å²) >= 11 is 6.12. The number of amides is 2. The van der Waals surface area contributed by atoms with E-state index in [-0.39, 0.29) is 11.8 Å². The van der Waals surface area contributed by atoms with Crippen molar-refractivity contribution in [2.75, 3.05) is 10.6 Å². The molecule has 1 aromatic carbocycles. The number of benzene rings is 1. The number of carbonyl (C=O) groups excluding carboxylic acids is 2. The van der Waals surface area contributed by atoms with E-state index < -0.39 is 0 Å². The Bertz CT molecular complexity index is 769. The third-order valence-electron chi connectivity index (χ3n) is 3.74. The standard InChI is InChI=1S/C16H17ClN4O2/c1-10(22)19-11-5-6-13(17)12(8-11)16(23)20-15-9-18-14-4-2-3-7-21(14)15/h5-6,8-9H,2-4,7H2,1H3,(H,19,22)(H,20,23). The van der Waals surface area contributed by atoms with E-state index >= 15 is 0 Å². The summed E-state index contributed by atoms with van der Waals surface area (Å²) in [7, 11) is 0.